The molecular weight excluding hydrogens is 402 g/mol. The number of phenols is 1. The molecule has 2 aliphatic heterocycles. The zero-order valence-electron chi connectivity index (χ0n) is 16.9. The minimum Gasteiger partial charge on any atom is -0.507 e. The monoisotopic (exact) mass is 424 g/mol. The molecule has 8 heteroatoms. The summed E-state index contributed by atoms with van der Waals surface area (Å²) in [5.74, 6) is -2.95. The van der Waals surface area contributed by atoms with E-state index in [0.29, 0.717) is 22.5 Å². The molecule has 2 fully saturated rings. The van der Waals surface area contributed by atoms with Gasteiger partial charge in [0.1, 0.15) is 5.75 Å². The lowest BCUT2D eigenvalue weighted by Gasteiger charge is -2.37. The number of piperidine rings is 1. The van der Waals surface area contributed by atoms with Gasteiger partial charge in [-0.25, -0.2) is 8.78 Å². The quantitative estimate of drug-likeness (QED) is 0.663. The fraction of sp³-hybridized carbons (Fsp3) is 0.348. The molecule has 2 N–H and O–H groups in total. The average Bonchev–Trinajstić information content (AvgIpc) is 3.01. The fourth-order valence-electron chi connectivity index (χ4n) is 4.83. The van der Waals surface area contributed by atoms with E-state index in [1.807, 2.05) is 12.1 Å². The molecule has 31 heavy (non-hydrogen) atoms. The topological polar surface area (TPSA) is 80.2 Å². The van der Waals surface area contributed by atoms with Crippen LogP contribution in [0.25, 0.3) is 27.6 Å². The number of halogens is 2. The maximum Gasteiger partial charge on any atom is 0.264 e. The van der Waals surface area contributed by atoms with Crippen LogP contribution in [-0.4, -0.2) is 51.5 Å². The fourth-order valence-corrected chi connectivity index (χ4v) is 4.83. The van der Waals surface area contributed by atoms with Gasteiger partial charge in [0.05, 0.1) is 23.5 Å². The van der Waals surface area contributed by atoms with Crippen LogP contribution in [0.4, 0.5) is 8.78 Å². The number of nitrogens with one attached hydrogen (secondary N) is 1. The first kappa shape index (κ1) is 20.0. The molecule has 0 aliphatic carbocycles. The first-order valence-corrected chi connectivity index (χ1v) is 10.1. The number of rotatable bonds is 4. The molecule has 2 bridgehead atoms. The Morgan fingerprint density at radius 2 is 2.06 bits per heavy atom. The summed E-state index contributed by atoms with van der Waals surface area (Å²) in [5, 5.41) is 23.7. The van der Waals surface area contributed by atoms with Gasteiger partial charge in [-0.15, -0.1) is 5.10 Å². The molecule has 6 nitrogen and oxygen atoms in total. The molecule has 160 valence electrons. The summed E-state index contributed by atoms with van der Waals surface area (Å²) in [6.45, 7) is 4.14. The van der Waals surface area contributed by atoms with E-state index in [0.717, 1.165) is 10.8 Å². The van der Waals surface area contributed by atoms with Crippen molar-refractivity contribution < 1.29 is 18.6 Å². The average molecular weight is 424 g/mol. The summed E-state index contributed by atoms with van der Waals surface area (Å²) in [4.78, 5) is 4.06. The molecule has 0 spiro atoms. The van der Waals surface area contributed by atoms with Gasteiger partial charge < -0.3 is 15.2 Å². The smallest absolute Gasteiger partial charge is 0.264 e. The van der Waals surface area contributed by atoms with Crippen molar-refractivity contribution in [1.82, 2.24) is 20.5 Å². The van der Waals surface area contributed by atoms with Gasteiger partial charge in [-0.05, 0) is 47.7 Å². The van der Waals surface area contributed by atoms with Crippen LogP contribution in [0.1, 0.15) is 18.5 Å². The molecule has 0 unspecified atom stereocenters. The van der Waals surface area contributed by atoms with Gasteiger partial charge in [-0.2, -0.15) is 5.10 Å². The Bertz CT molecular complexity index is 1150. The minimum absolute atomic E-state index is 0.0815. The highest BCUT2D eigenvalue weighted by molar-refractivity contribution is 5.89. The van der Waals surface area contributed by atoms with Gasteiger partial charge in [0.25, 0.3) is 5.92 Å². The van der Waals surface area contributed by atoms with Crippen molar-refractivity contribution in [3.8, 4) is 17.0 Å². The standard InChI is InChI=1S/C23H22F2N4O2/c1-12(15-9-21-23(24,25)10-19(27-21)22(15)31-2)17-3-4-18(29-28-17)16-7-13-5-6-26-11-14(13)8-20(16)30/h3-8,11,15,19,21-22,27,30H,1,9-10H2,2H3/t15-,19-,21-,22-/m1/s1. The van der Waals surface area contributed by atoms with Gasteiger partial charge in [-0.1, -0.05) is 6.58 Å². The predicted molar refractivity (Wildman–Crippen MR) is 113 cm³/mol. The first-order valence-electron chi connectivity index (χ1n) is 10.1. The largest absolute Gasteiger partial charge is 0.507 e. The number of ether oxygens (including phenoxy) is 1. The molecule has 4 atom stereocenters. The summed E-state index contributed by atoms with van der Waals surface area (Å²) in [6.07, 6.45) is 2.95. The number of pyridine rings is 1. The van der Waals surface area contributed by atoms with Crippen molar-refractivity contribution in [2.45, 2.75) is 37.0 Å². The Kier molecular flexibility index (Phi) is 4.71. The van der Waals surface area contributed by atoms with Crippen molar-refractivity contribution in [3.63, 3.8) is 0 Å². The van der Waals surface area contributed by atoms with E-state index in [4.69, 9.17) is 4.74 Å². The lowest BCUT2D eigenvalue weighted by molar-refractivity contribution is -0.0153. The second kappa shape index (κ2) is 7.32. The number of hydrogen-bond acceptors (Lipinski definition) is 6. The second-order valence-electron chi connectivity index (χ2n) is 8.25. The molecule has 2 saturated heterocycles. The molecule has 0 radical (unpaired) electrons. The van der Waals surface area contributed by atoms with Crippen molar-refractivity contribution in [3.05, 3.63) is 55.0 Å². The van der Waals surface area contributed by atoms with Crippen molar-refractivity contribution in [2.24, 2.45) is 5.92 Å². The number of fused-ring (bicyclic) bond motifs is 3. The van der Waals surface area contributed by atoms with E-state index >= 15 is 0 Å². The lowest BCUT2D eigenvalue weighted by atomic mass is 9.82. The molecule has 3 aromatic rings. The summed E-state index contributed by atoms with van der Waals surface area (Å²) in [7, 11) is 1.54. The van der Waals surface area contributed by atoms with Gasteiger partial charge in [0.2, 0.25) is 0 Å². The highest BCUT2D eigenvalue weighted by Gasteiger charge is 2.57. The van der Waals surface area contributed by atoms with Crippen LogP contribution in [-0.2, 0) is 4.74 Å². The Balaban J connectivity index is 1.43. The number of alkyl halides is 2. The molecule has 2 aliphatic rings. The van der Waals surface area contributed by atoms with Gasteiger partial charge >= 0.3 is 0 Å². The molecule has 2 aromatic heterocycles. The number of phenolic OH excluding ortho intramolecular Hbond substituents is 1. The zero-order chi connectivity index (χ0) is 21.8. The first-order chi connectivity index (χ1) is 14.9. The predicted octanol–water partition coefficient (Wildman–Crippen LogP) is 3.81. The van der Waals surface area contributed by atoms with Crippen LogP contribution >= 0.6 is 0 Å². The van der Waals surface area contributed by atoms with E-state index < -0.39 is 24.1 Å². The van der Waals surface area contributed by atoms with Crippen LogP contribution in [0.2, 0.25) is 0 Å². The number of nitrogens with zero attached hydrogens (tertiary/aromatic N) is 3. The number of hydrogen-bond donors (Lipinski definition) is 2. The van der Waals surface area contributed by atoms with E-state index in [1.165, 1.54) is 7.11 Å². The molecule has 0 saturated carbocycles. The molecule has 5 rings (SSSR count). The van der Waals surface area contributed by atoms with Crippen LogP contribution < -0.4 is 5.32 Å². The summed E-state index contributed by atoms with van der Waals surface area (Å²) < 4.78 is 34.0. The Hall–Kier alpha value is -2.97. The van der Waals surface area contributed by atoms with Crippen molar-refractivity contribution in [2.75, 3.05) is 7.11 Å². The SMILES string of the molecule is C=C(c1ccc(-c2cc3ccncc3cc2O)nn1)[C@H]1C[C@H]2N[C@H](CC2(F)F)[C@@H]1OC. The van der Waals surface area contributed by atoms with Gasteiger partial charge in [-0.3, -0.25) is 4.98 Å². The van der Waals surface area contributed by atoms with E-state index in [2.05, 4.69) is 27.1 Å². The Morgan fingerprint density at radius 3 is 2.81 bits per heavy atom. The van der Waals surface area contributed by atoms with Gasteiger partial charge in [0.15, 0.2) is 0 Å². The minimum atomic E-state index is -2.75. The highest BCUT2D eigenvalue weighted by Crippen LogP contribution is 2.45. The van der Waals surface area contributed by atoms with Crippen LogP contribution in [0.15, 0.2) is 49.3 Å². The van der Waals surface area contributed by atoms with Crippen LogP contribution in [0.5, 0.6) is 5.75 Å². The molecule has 4 heterocycles. The maximum absolute atomic E-state index is 14.2. The molecule has 0 amide bonds. The second-order valence-corrected chi connectivity index (χ2v) is 8.25. The summed E-state index contributed by atoms with van der Waals surface area (Å²) in [5.41, 5.74) is 2.23. The number of methoxy groups -OCH3 is 1. The van der Waals surface area contributed by atoms with Crippen LogP contribution in [0, 0.1) is 5.92 Å². The lowest BCUT2D eigenvalue weighted by Crippen LogP contribution is -2.51. The van der Waals surface area contributed by atoms with E-state index in [9.17, 15) is 13.9 Å². The van der Waals surface area contributed by atoms with E-state index in [1.54, 1.807) is 30.6 Å². The van der Waals surface area contributed by atoms with Gasteiger partial charge in [0, 0.05) is 48.8 Å². The van der Waals surface area contributed by atoms with Crippen molar-refractivity contribution in [1.29, 1.82) is 0 Å². The summed E-state index contributed by atoms with van der Waals surface area (Å²) in [6, 6.07) is 7.53. The van der Waals surface area contributed by atoms with Crippen molar-refractivity contribution >= 4 is 16.3 Å². The maximum atomic E-state index is 14.2. The third-order valence-corrected chi connectivity index (χ3v) is 6.44. The Morgan fingerprint density at radius 1 is 1.23 bits per heavy atom. The normalized spacial score (nSPS) is 26.8. The Labute approximate surface area is 178 Å². The number of benzene rings is 1. The highest BCUT2D eigenvalue weighted by atomic mass is 19.3. The van der Waals surface area contributed by atoms with E-state index in [-0.39, 0.29) is 24.5 Å². The summed E-state index contributed by atoms with van der Waals surface area (Å²) >= 11 is 0. The van der Waals surface area contributed by atoms with Crippen LogP contribution in [0.3, 0.4) is 0 Å². The number of aromatic nitrogens is 3. The molecular formula is C23H22F2N4O2. The number of aromatic hydroxyl groups is 1. The third kappa shape index (κ3) is 3.36. The third-order valence-electron chi connectivity index (χ3n) is 6.44. The molecule has 1 aromatic carbocycles. The zero-order valence-corrected chi connectivity index (χ0v) is 16.9.